The van der Waals surface area contributed by atoms with Crippen molar-refractivity contribution in [2.24, 2.45) is 0 Å². The number of ether oxygens (including phenoxy) is 1. The van der Waals surface area contributed by atoms with Gasteiger partial charge in [-0.05, 0) is 38.1 Å². The molecule has 0 fully saturated rings. The molecule has 0 saturated heterocycles. The molecular formula is C16H17ClN2O2. The normalized spacial score (nSPS) is 12.8. The lowest BCUT2D eigenvalue weighted by Gasteiger charge is -2.15. The Morgan fingerprint density at radius 2 is 2.14 bits per heavy atom. The Kier molecular flexibility index (Phi) is 3.64. The summed E-state index contributed by atoms with van der Waals surface area (Å²) in [7, 11) is 1.65. The first kappa shape index (κ1) is 14.0. The fourth-order valence-electron chi connectivity index (χ4n) is 2.64. The zero-order valence-corrected chi connectivity index (χ0v) is 13.0. The van der Waals surface area contributed by atoms with Gasteiger partial charge in [0.05, 0.1) is 24.5 Å². The van der Waals surface area contributed by atoms with Gasteiger partial charge in [-0.1, -0.05) is 6.07 Å². The first-order chi connectivity index (χ1) is 10.2. The van der Waals surface area contributed by atoms with Crippen molar-refractivity contribution in [1.29, 1.82) is 0 Å². The summed E-state index contributed by atoms with van der Waals surface area (Å²) in [6, 6.07) is 9.85. The zero-order valence-electron chi connectivity index (χ0n) is 12.3. The maximum absolute atomic E-state index is 6.08. The molecule has 0 aliphatic carbocycles. The van der Waals surface area contributed by atoms with Crippen LogP contribution in [0.25, 0.3) is 11.0 Å². The van der Waals surface area contributed by atoms with Crippen molar-refractivity contribution in [3.8, 4) is 5.75 Å². The highest BCUT2D eigenvalue weighted by atomic mass is 35.5. The molecule has 110 valence electrons. The molecule has 0 saturated carbocycles. The van der Waals surface area contributed by atoms with Crippen LogP contribution in [0.1, 0.15) is 30.3 Å². The number of benzene rings is 1. The minimum Gasteiger partial charge on any atom is -0.494 e. The minimum absolute atomic E-state index is 0.0181. The van der Waals surface area contributed by atoms with E-state index in [2.05, 4.69) is 16.5 Å². The predicted molar refractivity (Wildman–Crippen MR) is 83.1 cm³/mol. The van der Waals surface area contributed by atoms with Crippen LogP contribution in [0.4, 0.5) is 0 Å². The Hall–Kier alpha value is -1.94. The number of hydrogen-bond acceptors (Lipinski definition) is 3. The Labute approximate surface area is 128 Å². The van der Waals surface area contributed by atoms with Crippen LogP contribution in [0.3, 0.4) is 0 Å². The molecule has 5 heteroatoms. The molecule has 3 aromatic rings. The molecule has 1 atom stereocenters. The fraction of sp³-hybridized carbons (Fsp3) is 0.312. The number of hydrogen-bond donors (Lipinski definition) is 0. The number of fused-ring (bicyclic) bond motifs is 1. The molecule has 1 unspecified atom stereocenters. The maximum atomic E-state index is 6.08. The van der Waals surface area contributed by atoms with Gasteiger partial charge in [-0.25, -0.2) is 4.98 Å². The third-order valence-corrected chi connectivity index (χ3v) is 3.89. The van der Waals surface area contributed by atoms with Crippen LogP contribution >= 0.6 is 11.6 Å². The summed E-state index contributed by atoms with van der Waals surface area (Å²) in [6.07, 6.45) is 0. The number of furan rings is 1. The molecule has 0 bridgehead atoms. The predicted octanol–water partition coefficient (Wildman–Crippen LogP) is 4.29. The third kappa shape index (κ3) is 2.29. The number of alkyl halides is 1. The van der Waals surface area contributed by atoms with E-state index in [9.17, 15) is 0 Å². The second-order valence-electron chi connectivity index (χ2n) is 4.98. The van der Waals surface area contributed by atoms with Gasteiger partial charge in [0, 0.05) is 0 Å². The molecule has 4 nitrogen and oxygen atoms in total. The van der Waals surface area contributed by atoms with E-state index in [0.717, 1.165) is 34.1 Å². The Balaban J connectivity index is 2.21. The first-order valence-corrected chi connectivity index (χ1v) is 7.35. The summed E-state index contributed by atoms with van der Waals surface area (Å²) in [4.78, 5) is 4.62. The van der Waals surface area contributed by atoms with Crippen LogP contribution in [-0.2, 0) is 5.88 Å². The quantitative estimate of drug-likeness (QED) is 0.675. The zero-order chi connectivity index (χ0) is 15.0. The molecule has 0 amide bonds. The minimum atomic E-state index is 0.0181. The Morgan fingerprint density at radius 3 is 2.76 bits per heavy atom. The van der Waals surface area contributed by atoms with Crippen LogP contribution in [-0.4, -0.2) is 16.7 Å². The van der Waals surface area contributed by atoms with Gasteiger partial charge in [0.1, 0.15) is 28.6 Å². The van der Waals surface area contributed by atoms with Crippen LogP contribution in [0.5, 0.6) is 5.75 Å². The maximum Gasteiger partial charge on any atom is 0.146 e. The molecule has 0 radical (unpaired) electrons. The van der Waals surface area contributed by atoms with Crippen molar-refractivity contribution in [2.75, 3.05) is 7.11 Å². The lowest BCUT2D eigenvalue weighted by atomic mass is 10.2. The van der Waals surface area contributed by atoms with E-state index in [1.165, 1.54) is 0 Å². The largest absolute Gasteiger partial charge is 0.494 e. The Morgan fingerprint density at radius 1 is 1.33 bits per heavy atom. The molecule has 0 aliphatic rings. The fourth-order valence-corrected chi connectivity index (χ4v) is 2.82. The van der Waals surface area contributed by atoms with E-state index in [1.54, 1.807) is 7.11 Å². The van der Waals surface area contributed by atoms with E-state index in [1.807, 2.05) is 37.3 Å². The highest BCUT2D eigenvalue weighted by molar-refractivity contribution is 6.16. The monoisotopic (exact) mass is 304 g/mol. The molecule has 2 heterocycles. The van der Waals surface area contributed by atoms with Gasteiger partial charge < -0.3 is 13.7 Å². The number of aryl methyl sites for hydroxylation is 1. The van der Waals surface area contributed by atoms with E-state index >= 15 is 0 Å². The number of nitrogens with zero attached hydrogens (tertiary/aromatic N) is 2. The Bertz CT molecular complexity index is 776. The summed E-state index contributed by atoms with van der Waals surface area (Å²) in [5.74, 6) is 3.67. The van der Waals surface area contributed by atoms with Crippen molar-refractivity contribution in [3.05, 3.63) is 47.7 Å². The van der Waals surface area contributed by atoms with Crippen LogP contribution in [0, 0.1) is 6.92 Å². The van der Waals surface area contributed by atoms with Gasteiger partial charge in [0.15, 0.2) is 0 Å². The van der Waals surface area contributed by atoms with Gasteiger partial charge >= 0.3 is 0 Å². The molecule has 0 spiro atoms. The molecule has 2 aromatic heterocycles. The van der Waals surface area contributed by atoms with Crippen molar-refractivity contribution in [2.45, 2.75) is 25.8 Å². The van der Waals surface area contributed by atoms with Crippen LogP contribution < -0.4 is 4.74 Å². The number of halogens is 1. The molecular weight excluding hydrogens is 288 g/mol. The highest BCUT2D eigenvalue weighted by Crippen LogP contribution is 2.31. The van der Waals surface area contributed by atoms with Crippen molar-refractivity contribution >= 4 is 22.6 Å². The van der Waals surface area contributed by atoms with E-state index in [-0.39, 0.29) is 6.04 Å². The second-order valence-corrected chi connectivity index (χ2v) is 5.25. The van der Waals surface area contributed by atoms with Gasteiger partial charge in [0.2, 0.25) is 0 Å². The highest BCUT2D eigenvalue weighted by Gasteiger charge is 2.20. The van der Waals surface area contributed by atoms with Crippen LogP contribution in [0.2, 0.25) is 0 Å². The lowest BCUT2D eigenvalue weighted by Crippen LogP contribution is -2.09. The molecule has 0 N–H and O–H groups in total. The van der Waals surface area contributed by atoms with Gasteiger partial charge in [0.25, 0.3) is 0 Å². The average molecular weight is 305 g/mol. The summed E-state index contributed by atoms with van der Waals surface area (Å²) in [5, 5.41) is 0. The number of imidazole rings is 1. The van der Waals surface area contributed by atoms with Crippen molar-refractivity contribution < 1.29 is 9.15 Å². The number of aromatic nitrogens is 2. The summed E-state index contributed by atoms with van der Waals surface area (Å²) in [6.45, 7) is 4.02. The molecule has 21 heavy (non-hydrogen) atoms. The number of para-hydroxylation sites is 1. The third-order valence-electron chi connectivity index (χ3n) is 3.66. The van der Waals surface area contributed by atoms with E-state index in [4.69, 9.17) is 20.8 Å². The summed E-state index contributed by atoms with van der Waals surface area (Å²) >= 11 is 6.08. The molecule has 1 aromatic carbocycles. The van der Waals surface area contributed by atoms with Gasteiger partial charge in [-0.2, -0.15) is 0 Å². The standard InChI is InChI=1S/C16H17ClN2O2/c1-10-7-8-13(21-10)11(2)19-12-5-4-6-14(20-3)16(12)18-15(19)9-17/h4-8,11H,9H2,1-3H3. The number of methoxy groups -OCH3 is 1. The lowest BCUT2D eigenvalue weighted by molar-refractivity contribution is 0.419. The van der Waals surface area contributed by atoms with Crippen molar-refractivity contribution in [3.63, 3.8) is 0 Å². The van der Waals surface area contributed by atoms with E-state index in [0.29, 0.717) is 5.88 Å². The SMILES string of the molecule is COc1cccc2c1nc(CCl)n2C(C)c1ccc(C)o1. The first-order valence-electron chi connectivity index (χ1n) is 6.81. The molecule has 0 aliphatic heterocycles. The topological polar surface area (TPSA) is 40.2 Å². The second kappa shape index (κ2) is 5.45. The summed E-state index contributed by atoms with van der Waals surface area (Å²) in [5.41, 5.74) is 1.82. The van der Waals surface area contributed by atoms with Gasteiger partial charge in [-0.15, -0.1) is 11.6 Å². The smallest absolute Gasteiger partial charge is 0.146 e. The van der Waals surface area contributed by atoms with Crippen LogP contribution in [0.15, 0.2) is 34.7 Å². The average Bonchev–Trinajstić information content (AvgIpc) is 3.09. The van der Waals surface area contributed by atoms with Gasteiger partial charge in [-0.3, -0.25) is 0 Å². The molecule has 3 rings (SSSR count). The van der Waals surface area contributed by atoms with Crippen molar-refractivity contribution in [1.82, 2.24) is 9.55 Å². The van der Waals surface area contributed by atoms with E-state index < -0.39 is 0 Å². The number of rotatable bonds is 4. The summed E-state index contributed by atoms with van der Waals surface area (Å²) < 4.78 is 13.2.